The minimum atomic E-state index is -0.240. The molecule has 0 fully saturated rings. The number of carbonyl (C=O) groups excluding carboxylic acids is 1. The summed E-state index contributed by atoms with van der Waals surface area (Å²) in [6.45, 7) is 3.88. The first kappa shape index (κ1) is 19.9. The Morgan fingerprint density at radius 3 is 2.16 bits per heavy atom. The van der Waals surface area contributed by atoms with Crippen LogP contribution in [0.15, 0.2) is 54.6 Å². The zero-order valence-electron chi connectivity index (χ0n) is 15.2. The molecule has 0 saturated carbocycles. The van der Waals surface area contributed by atoms with Gasteiger partial charge in [-0.25, -0.2) is 0 Å². The van der Waals surface area contributed by atoms with Gasteiger partial charge in [0.05, 0.1) is 0 Å². The van der Waals surface area contributed by atoms with Crippen LogP contribution in [0.2, 0.25) is 0 Å². The Kier molecular flexibility index (Phi) is 7.88. The Morgan fingerprint density at radius 2 is 1.60 bits per heavy atom. The maximum absolute atomic E-state index is 11.3. The van der Waals surface area contributed by atoms with Crippen molar-refractivity contribution in [2.24, 2.45) is 5.92 Å². The Hall–Kier alpha value is -3.13. The normalized spacial score (nSPS) is 12.8. The number of aryl methyl sites for hydroxylation is 1. The van der Waals surface area contributed by atoms with Gasteiger partial charge in [0.15, 0.2) is 0 Å². The van der Waals surface area contributed by atoms with Crippen molar-refractivity contribution < 1.29 is 9.53 Å². The third-order valence-electron chi connectivity index (χ3n) is 4.33. The molecule has 2 atom stereocenters. The molecule has 2 aromatic rings. The zero-order valence-corrected chi connectivity index (χ0v) is 21.6. The molecule has 0 amide bonds. The molecule has 0 saturated heterocycles. The fourth-order valence-electron chi connectivity index (χ4n) is 2.89. The molecule has 1 N–H and O–H groups in total. The summed E-state index contributed by atoms with van der Waals surface area (Å²) in [6.07, 6.45) is 2.31. The van der Waals surface area contributed by atoms with Crippen LogP contribution in [-0.4, -0.2) is 18.6 Å². The van der Waals surface area contributed by atoms with E-state index in [1.807, 2.05) is 18.2 Å². The number of benzene rings is 2. The molecule has 0 aromatic heterocycles. The molecular weight excluding hydrogens is 565 g/mol. The minimum Gasteiger partial charge on any atom is -0.677 e. The van der Waals surface area contributed by atoms with Gasteiger partial charge in [0.1, 0.15) is 6.10 Å². The summed E-state index contributed by atoms with van der Waals surface area (Å²) in [5.74, 6) is -0.0220. The van der Waals surface area contributed by atoms with E-state index in [1.165, 1.54) is 23.6 Å². The van der Waals surface area contributed by atoms with E-state index in [-0.39, 0.29) is 18.0 Å². The second-order valence-corrected chi connectivity index (χ2v) is 6.27. The standard InChI is InChI=1S/C21H26NO2.Rf/c1-16(14-15-22)21(24-17(2)23)13-10-18-8-11-20(12-9-18)19-6-4-3-5-7-19;/h3-9,11-12,16,21-22H,10,13-15H2,1-2H3;/q-1;. The molecular formula is C21H26NO2Rf-. The maximum atomic E-state index is 11.3. The zero-order chi connectivity index (χ0) is 17.4. The van der Waals surface area contributed by atoms with Gasteiger partial charge in [0.2, 0.25) is 0 Å². The quantitative estimate of drug-likeness (QED) is 0.392. The molecule has 0 aliphatic heterocycles. The monoisotopic (exact) mass is 591 g/mol. The largest absolute Gasteiger partial charge is 0.677 e. The predicted molar refractivity (Wildman–Crippen MR) is 98.7 cm³/mol. The Labute approximate surface area is 144 Å². The molecule has 25 heavy (non-hydrogen) atoms. The molecule has 0 aliphatic rings. The third-order valence-corrected chi connectivity index (χ3v) is 4.33. The Bertz CT molecular complexity index is 628. The number of esters is 1. The Balaban J connectivity index is 0.00000312. The topological polar surface area (TPSA) is 50.1 Å². The van der Waals surface area contributed by atoms with Crippen molar-refractivity contribution in [2.45, 2.75) is 39.2 Å². The number of nitrogens with one attached hydrogen (secondary N) is 1. The van der Waals surface area contributed by atoms with Gasteiger partial charge >= 0.3 is 5.97 Å². The summed E-state index contributed by atoms with van der Waals surface area (Å²) < 4.78 is 5.46. The second kappa shape index (κ2) is 9.89. The molecule has 3 nitrogen and oxygen atoms in total. The van der Waals surface area contributed by atoms with Crippen LogP contribution < -0.4 is 0 Å². The van der Waals surface area contributed by atoms with Crippen molar-refractivity contribution in [3.8, 4) is 11.1 Å². The summed E-state index contributed by atoms with van der Waals surface area (Å²) >= 11 is 0. The maximum Gasteiger partial charge on any atom is 0.302 e. The number of ether oxygens (including phenoxy) is 1. The minimum absolute atomic E-state index is 0. The average Bonchev–Trinajstić information content (AvgIpc) is 2.60. The summed E-state index contributed by atoms with van der Waals surface area (Å²) in [5, 5.41) is 0. The van der Waals surface area contributed by atoms with E-state index in [0.717, 1.165) is 19.3 Å². The third kappa shape index (κ3) is 6.11. The average molecular weight is 591 g/mol. The number of hydrogen-bond donors (Lipinski definition) is 0. The first-order valence-corrected chi connectivity index (χ1v) is 8.56. The van der Waals surface area contributed by atoms with E-state index in [2.05, 4.69) is 43.3 Å². The molecule has 0 spiro atoms. The van der Waals surface area contributed by atoms with Crippen molar-refractivity contribution in [3.05, 3.63) is 65.9 Å². The fraction of sp³-hybridized carbons (Fsp3) is 0.381. The summed E-state index contributed by atoms with van der Waals surface area (Å²) in [7, 11) is 0. The van der Waals surface area contributed by atoms with Crippen molar-refractivity contribution in [1.29, 1.82) is 0 Å². The van der Waals surface area contributed by atoms with E-state index < -0.39 is 0 Å². The summed E-state index contributed by atoms with van der Waals surface area (Å²) in [6, 6.07) is 18.9. The van der Waals surface area contributed by atoms with Gasteiger partial charge in [-0.15, -0.1) is 0 Å². The van der Waals surface area contributed by atoms with Gasteiger partial charge < -0.3 is 10.5 Å². The van der Waals surface area contributed by atoms with E-state index in [1.54, 1.807) is 0 Å². The van der Waals surface area contributed by atoms with Crippen LogP contribution in [0.1, 0.15) is 32.3 Å². The van der Waals surface area contributed by atoms with Gasteiger partial charge in [-0.2, -0.15) is 6.54 Å². The number of carbonyl (C=O) groups is 1. The van der Waals surface area contributed by atoms with Crippen LogP contribution in [0.5, 0.6) is 0 Å². The Morgan fingerprint density at radius 1 is 1.00 bits per heavy atom. The van der Waals surface area contributed by atoms with Gasteiger partial charge in [-0.1, -0.05) is 67.9 Å². The van der Waals surface area contributed by atoms with Crippen LogP contribution in [0, 0.1) is 5.92 Å². The predicted octanol–water partition coefficient (Wildman–Crippen LogP) is 5.30. The molecule has 2 rings (SSSR count). The smallest absolute Gasteiger partial charge is 0.302 e. The number of rotatable bonds is 8. The molecule has 2 aromatic carbocycles. The van der Waals surface area contributed by atoms with Crippen LogP contribution >= 0.6 is 0 Å². The molecule has 2 unspecified atom stereocenters. The fourth-order valence-corrected chi connectivity index (χ4v) is 2.89. The van der Waals surface area contributed by atoms with Crippen LogP contribution in [0.25, 0.3) is 16.9 Å². The summed E-state index contributed by atoms with van der Waals surface area (Å²) in [4.78, 5) is 11.3. The van der Waals surface area contributed by atoms with Gasteiger partial charge in [-0.3, -0.25) is 4.79 Å². The van der Waals surface area contributed by atoms with Gasteiger partial charge in [0, 0.05) is 6.92 Å². The molecule has 4 heteroatoms. The molecule has 0 radical (unpaired) electrons. The van der Waals surface area contributed by atoms with Gasteiger partial charge in [0.25, 0.3) is 0 Å². The van der Waals surface area contributed by atoms with E-state index >= 15 is 0 Å². The van der Waals surface area contributed by atoms with Crippen LogP contribution in [0.4, 0.5) is 0 Å². The van der Waals surface area contributed by atoms with Crippen molar-refractivity contribution >= 4 is 5.97 Å². The van der Waals surface area contributed by atoms with Gasteiger partial charge in [-0.05, 0) is 35.4 Å². The summed E-state index contributed by atoms with van der Waals surface area (Å²) in [5.41, 5.74) is 11.0. The van der Waals surface area contributed by atoms with Crippen LogP contribution in [-0.2, 0) is 16.0 Å². The second-order valence-electron chi connectivity index (χ2n) is 6.27. The first-order valence-electron chi connectivity index (χ1n) is 8.56. The molecule has 0 heterocycles. The van der Waals surface area contributed by atoms with E-state index in [9.17, 15) is 4.79 Å². The SMILES string of the molecule is CC(=O)OC(CCc1ccc(-c2ccccc2)cc1)C(C)CC[NH-].[Rf]. The van der Waals surface area contributed by atoms with E-state index in [0.29, 0.717) is 6.54 Å². The molecule has 0 bridgehead atoms. The molecule has 0 aliphatic carbocycles. The first-order chi connectivity index (χ1) is 11.6. The van der Waals surface area contributed by atoms with E-state index in [4.69, 9.17) is 10.5 Å². The van der Waals surface area contributed by atoms with Crippen molar-refractivity contribution in [1.82, 2.24) is 0 Å². The van der Waals surface area contributed by atoms with Crippen molar-refractivity contribution in [2.75, 3.05) is 6.54 Å². The van der Waals surface area contributed by atoms with Crippen molar-refractivity contribution in [3.63, 3.8) is 0 Å². The molecule has 130 valence electrons. The number of hydrogen-bond acceptors (Lipinski definition) is 2. The van der Waals surface area contributed by atoms with Crippen LogP contribution in [0.3, 0.4) is 0 Å².